The fraction of sp³-hybridized carbons (Fsp3) is 0.667. The van der Waals surface area contributed by atoms with Gasteiger partial charge in [0.25, 0.3) is 0 Å². The van der Waals surface area contributed by atoms with Crippen LogP contribution in [0.25, 0.3) is 0 Å². The molecule has 0 heterocycles. The standard InChI is InChI=1S/C15H27N5O6/c1-7(2)12(15(25)26)20-13(23)8(3)19-11(22)6-18-14(24)9(16)4-5-10(17)21/h7-9,12H,4-6,16H2,1-3H3,(H2,17,21)(H,18,24)(H,19,22)(H,20,23)(H,25,26). The second-order valence-corrected chi connectivity index (χ2v) is 6.19. The van der Waals surface area contributed by atoms with Gasteiger partial charge in [-0.2, -0.15) is 0 Å². The minimum absolute atomic E-state index is 0.0490. The molecule has 0 radical (unpaired) electrons. The number of rotatable bonds is 11. The average molecular weight is 373 g/mol. The van der Waals surface area contributed by atoms with Crippen LogP contribution in [0, 0.1) is 5.92 Å². The minimum atomic E-state index is -1.18. The first-order chi connectivity index (χ1) is 12.0. The highest BCUT2D eigenvalue weighted by Gasteiger charge is 2.26. The Morgan fingerprint density at radius 2 is 1.58 bits per heavy atom. The van der Waals surface area contributed by atoms with Gasteiger partial charge >= 0.3 is 5.97 Å². The number of aliphatic carboxylic acids is 1. The molecule has 26 heavy (non-hydrogen) atoms. The van der Waals surface area contributed by atoms with Crippen molar-refractivity contribution >= 4 is 29.6 Å². The summed E-state index contributed by atoms with van der Waals surface area (Å²) in [6.07, 6.45) is -0.00798. The predicted octanol–water partition coefficient (Wildman–Crippen LogP) is -2.57. The van der Waals surface area contributed by atoms with Crippen LogP contribution in [0.15, 0.2) is 0 Å². The van der Waals surface area contributed by atoms with E-state index in [2.05, 4.69) is 16.0 Å². The molecule has 0 bridgehead atoms. The van der Waals surface area contributed by atoms with Crippen molar-refractivity contribution in [3.63, 3.8) is 0 Å². The topological polar surface area (TPSA) is 194 Å². The molecule has 3 atom stereocenters. The van der Waals surface area contributed by atoms with Crippen molar-refractivity contribution in [2.24, 2.45) is 17.4 Å². The summed E-state index contributed by atoms with van der Waals surface area (Å²) in [5, 5.41) is 16.0. The maximum Gasteiger partial charge on any atom is 0.326 e. The Morgan fingerprint density at radius 3 is 2.04 bits per heavy atom. The van der Waals surface area contributed by atoms with Crippen molar-refractivity contribution in [1.29, 1.82) is 0 Å². The van der Waals surface area contributed by atoms with Gasteiger partial charge in [-0.25, -0.2) is 4.79 Å². The minimum Gasteiger partial charge on any atom is -0.480 e. The molecule has 11 heteroatoms. The molecular weight excluding hydrogens is 346 g/mol. The third-order valence-corrected chi connectivity index (χ3v) is 3.46. The molecule has 0 aromatic carbocycles. The predicted molar refractivity (Wildman–Crippen MR) is 91.4 cm³/mol. The second kappa shape index (κ2) is 11.0. The van der Waals surface area contributed by atoms with Crippen molar-refractivity contribution in [3.8, 4) is 0 Å². The summed E-state index contributed by atoms with van der Waals surface area (Å²) < 4.78 is 0. The van der Waals surface area contributed by atoms with E-state index in [1.54, 1.807) is 13.8 Å². The first kappa shape index (κ1) is 23.3. The summed E-state index contributed by atoms with van der Waals surface area (Å²) in [7, 11) is 0. The molecule has 0 aliphatic carbocycles. The van der Waals surface area contributed by atoms with E-state index in [1.165, 1.54) is 6.92 Å². The smallest absolute Gasteiger partial charge is 0.326 e. The van der Waals surface area contributed by atoms with Gasteiger partial charge in [0, 0.05) is 6.42 Å². The maximum absolute atomic E-state index is 12.0. The average Bonchev–Trinajstić information content (AvgIpc) is 2.53. The second-order valence-electron chi connectivity index (χ2n) is 6.19. The molecule has 0 saturated carbocycles. The zero-order valence-electron chi connectivity index (χ0n) is 15.1. The number of primary amides is 1. The van der Waals surface area contributed by atoms with Gasteiger partial charge in [0.1, 0.15) is 12.1 Å². The molecule has 3 unspecified atom stereocenters. The molecule has 0 aliphatic heterocycles. The maximum atomic E-state index is 12.0. The number of hydrogen-bond acceptors (Lipinski definition) is 6. The first-order valence-corrected chi connectivity index (χ1v) is 8.09. The fourth-order valence-electron chi connectivity index (χ4n) is 1.88. The van der Waals surface area contributed by atoms with Crippen LogP contribution in [-0.2, 0) is 24.0 Å². The summed E-state index contributed by atoms with van der Waals surface area (Å²) in [5.41, 5.74) is 10.5. The Morgan fingerprint density at radius 1 is 1.00 bits per heavy atom. The number of carbonyl (C=O) groups is 5. The lowest BCUT2D eigenvalue weighted by molar-refractivity contribution is -0.143. The zero-order valence-corrected chi connectivity index (χ0v) is 15.1. The summed E-state index contributed by atoms with van der Waals surface area (Å²) in [4.78, 5) is 57.1. The monoisotopic (exact) mass is 373 g/mol. The van der Waals surface area contributed by atoms with Crippen LogP contribution in [0.2, 0.25) is 0 Å². The first-order valence-electron chi connectivity index (χ1n) is 8.09. The molecule has 0 rings (SSSR count). The summed E-state index contributed by atoms with van der Waals surface area (Å²) in [6.45, 7) is 4.23. The summed E-state index contributed by atoms with van der Waals surface area (Å²) in [5.74, 6) is -4.05. The van der Waals surface area contributed by atoms with Gasteiger partial charge < -0.3 is 32.5 Å². The van der Waals surface area contributed by atoms with Crippen molar-refractivity contribution in [2.45, 2.75) is 51.7 Å². The van der Waals surface area contributed by atoms with E-state index in [1.807, 2.05) is 0 Å². The molecule has 148 valence electrons. The molecule has 0 fully saturated rings. The highest BCUT2D eigenvalue weighted by atomic mass is 16.4. The molecular formula is C15H27N5O6. The van der Waals surface area contributed by atoms with Gasteiger partial charge in [0.05, 0.1) is 12.6 Å². The van der Waals surface area contributed by atoms with E-state index in [-0.39, 0.29) is 18.8 Å². The normalized spacial score (nSPS) is 14.0. The van der Waals surface area contributed by atoms with Crippen LogP contribution < -0.4 is 27.4 Å². The number of amides is 4. The van der Waals surface area contributed by atoms with E-state index in [4.69, 9.17) is 16.6 Å². The zero-order chi connectivity index (χ0) is 20.4. The van der Waals surface area contributed by atoms with Crippen molar-refractivity contribution in [2.75, 3.05) is 6.54 Å². The Labute approximate surface area is 151 Å². The Bertz CT molecular complexity index is 551. The Balaban J connectivity index is 4.37. The van der Waals surface area contributed by atoms with E-state index >= 15 is 0 Å². The molecule has 0 aromatic rings. The quantitative estimate of drug-likeness (QED) is 0.229. The number of hydrogen-bond donors (Lipinski definition) is 6. The summed E-state index contributed by atoms with van der Waals surface area (Å²) >= 11 is 0. The van der Waals surface area contributed by atoms with Gasteiger partial charge in [0.15, 0.2) is 0 Å². The molecule has 4 amide bonds. The van der Waals surface area contributed by atoms with E-state index in [0.29, 0.717) is 0 Å². The molecule has 0 saturated heterocycles. The number of nitrogens with two attached hydrogens (primary N) is 2. The highest BCUT2D eigenvalue weighted by molar-refractivity contribution is 5.92. The molecule has 0 aromatic heterocycles. The van der Waals surface area contributed by atoms with Crippen LogP contribution in [0.4, 0.5) is 0 Å². The largest absolute Gasteiger partial charge is 0.480 e. The van der Waals surface area contributed by atoms with Crippen LogP contribution in [-0.4, -0.2) is 59.4 Å². The van der Waals surface area contributed by atoms with Gasteiger partial charge in [0.2, 0.25) is 23.6 Å². The Kier molecular flexibility index (Phi) is 9.89. The third kappa shape index (κ3) is 8.97. The van der Waals surface area contributed by atoms with E-state index in [0.717, 1.165) is 0 Å². The van der Waals surface area contributed by atoms with E-state index in [9.17, 15) is 24.0 Å². The van der Waals surface area contributed by atoms with Crippen LogP contribution in [0.3, 0.4) is 0 Å². The third-order valence-electron chi connectivity index (χ3n) is 3.46. The lowest BCUT2D eigenvalue weighted by Gasteiger charge is -2.21. The van der Waals surface area contributed by atoms with Crippen molar-refractivity contribution in [1.82, 2.24) is 16.0 Å². The number of nitrogens with one attached hydrogen (secondary N) is 3. The summed E-state index contributed by atoms with van der Waals surface area (Å²) in [6, 6.07) is -3.06. The molecule has 8 N–H and O–H groups in total. The number of carboxylic acid groups (broad SMARTS) is 1. The van der Waals surface area contributed by atoms with Crippen molar-refractivity contribution in [3.05, 3.63) is 0 Å². The highest BCUT2D eigenvalue weighted by Crippen LogP contribution is 2.02. The SMILES string of the molecule is CC(NC(=O)CNC(=O)C(N)CCC(N)=O)C(=O)NC(C(=O)O)C(C)C. The fourth-order valence-corrected chi connectivity index (χ4v) is 1.88. The number of carboxylic acids is 1. The van der Waals surface area contributed by atoms with Gasteiger partial charge in [-0.3, -0.25) is 19.2 Å². The number of carbonyl (C=O) groups excluding carboxylic acids is 4. The van der Waals surface area contributed by atoms with Crippen molar-refractivity contribution < 1.29 is 29.1 Å². The lowest BCUT2D eigenvalue weighted by Crippen LogP contribution is -2.53. The van der Waals surface area contributed by atoms with Crippen LogP contribution in [0.1, 0.15) is 33.6 Å². The molecule has 0 spiro atoms. The van der Waals surface area contributed by atoms with Gasteiger partial charge in [-0.05, 0) is 19.3 Å². The van der Waals surface area contributed by atoms with Crippen LogP contribution in [0.5, 0.6) is 0 Å². The lowest BCUT2D eigenvalue weighted by atomic mass is 10.0. The van der Waals surface area contributed by atoms with Gasteiger partial charge in [-0.1, -0.05) is 13.8 Å². The van der Waals surface area contributed by atoms with E-state index < -0.39 is 54.3 Å². The molecule has 11 nitrogen and oxygen atoms in total. The van der Waals surface area contributed by atoms with Crippen LogP contribution >= 0.6 is 0 Å². The molecule has 0 aliphatic rings. The van der Waals surface area contributed by atoms with Gasteiger partial charge in [-0.15, -0.1) is 0 Å². The Hall–Kier alpha value is -2.69.